The Morgan fingerprint density at radius 2 is 1.06 bits per heavy atom. The van der Waals surface area contributed by atoms with Gasteiger partial charge in [0.1, 0.15) is 0 Å². The van der Waals surface area contributed by atoms with Gasteiger partial charge in [0, 0.05) is 11.8 Å². The zero-order valence-corrected chi connectivity index (χ0v) is 11.7. The summed E-state index contributed by atoms with van der Waals surface area (Å²) in [5.74, 6) is -0.492. The van der Waals surface area contributed by atoms with Crippen LogP contribution in [0.5, 0.6) is 0 Å². The van der Waals surface area contributed by atoms with Crippen molar-refractivity contribution in [2.45, 2.75) is 0 Å². The highest BCUT2D eigenvalue weighted by molar-refractivity contribution is 7.92. The molecule has 0 spiro atoms. The molecule has 0 amide bonds. The van der Waals surface area contributed by atoms with Crippen LogP contribution in [0.3, 0.4) is 0 Å². The highest BCUT2D eigenvalue weighted by Crippen LogP contribution is 1.96. The van der Waals surface area contributed by atoms with Gasteiger partial charge >= 0.3 is 0 Å². The monoisotopic (exact) mass is 308 g/mol. The van der Waals surface area contributed by atoms with Crippen LogP contribution in [-0.2, 0) is 19.7 Å². The minimum absolute atomic E-state index is 0.0424. The van der Waals surface area contributed by atoms with Gasteiger partial charge in [0.15, 0.2) is 19.7 Å². The molecule has 16 heavy (non-hydrogen) atoms. The Labute approximate surface area is 106 Å². The predicted molar refractivity (Wildman–Crippen MR) is 67.9 cm³/mol. The number of sulfone groups is 2. The molecule has 0 aliphatic carbocycles. The standard InChI is InChI=1S/C8H14Cl2O4S2/c9-3-7-15(11,12)5-1-2-6-16(13,14)8-4-10/h1-2H,3-8H2/b2-1+. The van der Waals surface area contributed by atoms with E-state index in [1.807, 2.05) is 0 Å². The van der Waals surface area contributed by atoms with Gasteiger partial charge in [0.25, 0.3) is 0 Å². The lowest BCUT2D eigenvalue weighted by atomic mass is 10.6. The number of hydrogen-bond acceptors (Lipinski definition) is 4. The van der Waals surface area contributed by atoms with E-state index in [1.165, 1.54) is 12.2 Å². The average molecular weight is 309 g/mol. The smallest absolute Gasteiger partial charge is 0.155 e. The fraction of sp³-hybridized carbons (Fsp3) is 0.750. The lowest BCUT2D eigenvalue weighted by molar-refractivity contribution is 0.598. The molecule has 0 aliphatic heterocycles. The largest absolute Gasteiger partial charge is 0.228 e. The van der Waals surface area contributed by atoms with Crippen LogP contribution in [0.2, 0.25) is 0 Å². The van der Waals surface area contributed by atoms with Gasteiger partial charge in [-0.15, -0.1) is 23.2 Å². The third-order valence-corrected chi connectivity index (χ3v) is 5.52. The molecule has 4 nitrogen and oxygen atoms in total. The molecule has 0 aliphatic rings. The Morgan fingerprint density at radius 3 is 1.31 bits per heavy atom. The van der Waals surface area contributed by atoms with E-state index >= 15 is 0 Å². The van der Waals surface area contributed by atoms with E-state index < -0.39 is 19.7 Å². The fourth-order valence-electron chi connectivity index (χ4n) is 0.831. The summed E-state index contributed by atoms with van der Waals surface area (Å²) in [4.78, 5) is 0. The Kier molecular flexibility index (Phi) is 7.63. The van der Waals surface area contributed by atoms with Crippen molar-refractivity contribution in [2.24, 2.45) is 0 Å². The molecule has 0 heterocycles. The Morgan fingerprint density at radius 1 is 0.750 bits per heavy atom. The highest BCUT2D eigenvalue weighted by Gasteiger charge is 2.09. The normalized spacial score (nSPS) is 13.4. The number of hydrogen-bond donors (Lipinski definition) is 0. The minimum atomic E-state index is -3.20. The molecular formula is C8H14Cl2O4S2. The molecule has 0 aromatic carbocycles. The van der Waals surface area contributed by atoms with E-state index in [1.54, 1.807) is 0 Å². The second kappa shape index (κ2) is 7.53. The molecule has 0 bridgehead atoms. The molecule has 0 aromatic heterocycles. The lowest BCUT2D eigenvalue weighted by Crippen LogP contribution is -2.12. The van der Waals surface area contributed by atoms with E-state index in [4.69, 9.17) is 23.2 Å². The first-order chi connectivity index (χ1) is 7.33. The fourth-order valence-corrected chi connectivity index (χ4v) is 3.90. The molecule has 0 saturated heterocycles. The van der Waals surface area contributed by atoms with Crippen molar-refractivity contribution in [3.8, 4) is 0 Å². The molecule has 0 radical (unpaired) electrons. The van der Waals surface area contributed by atoms with Gasteiger partial charge in [0.2, 0.25) is 0 Å². The summed E-state index contributed by atoms with van der Waals surface area (Å²) >= 11 is 10.6. The number of halogens is 2. The molecule has 0 unspecified atom stereocenters. The number of rotatable bonds is 8. The molecule has 0 aromatic rings. The molecule has 0 fully saturated rings. The van der Waals surface area contributed by atoms with Gasteiger partial charge in [-0.3, -0.25) is 0 Å². The third kappa shape index (κ3) is 8.38. The Hall–Kier alpha value is 0.220. The first kappa shape index (κ1) is 16.2. The van der Waals surface area contributed by atoms with Crippen molar-refractivity contribution in [3.63, 3.8) is 0 Å². The summed E-state index contributed by atoms with van der Waals surface area (Å²) in [7, 11) is -6.40. The number of alkyl halides is 2. The summed E-state index contributed by atoms with van der Waals surface area (Å²) in [5.41, 5.74) is 0. The average Bonchev–Trinajstić information content (AvgIpc) is 2.12. The lowest BCUT2D eigenvalue weighted by Gasteiger charge is -1.98. The topological polar surface area (TPSA) is 68.3 Å². The van der Waals surface area contributed by atoms with Crippen LogP contribution in [-0.4, -0.2) is 51.6 Å². The van der Waals surface area contributed by atoms with E-state index in [9.17, 15) is 16.8 Å². The molecule has 0 atom stereocenters. The molecule has 0 N–H and O–H groups in total. The predicted octanol–water partition coefficient (Wildman–Crippen LogP) is 0.850. The second-order valence-corrected chi connectivity index (χ2v) is 8.29. The van der Waals surface area contributed by atoms with Gasteiger partial charge in [0.05, 0.1) is 23.0 Å². The van der Waals surface area contributed by atoms with E-state index in [0.29, 0.717) is 0 Å². The highest BCUT2D eigenvalue weighted by atomic mass is 35.5. The van der Waals surface area contributed by atoms with Crippen molar-refractivity contribution in [2.75, 3.05) is 34.8 Å². The van der Waals surface area contributed by atoms with Gasteiger partial charge in [-0.2, -0.15) is 0 Å². The first-order valence-corrected chi connectivity index (χ1v) is 9.22. The zero-order chi connectivity index (χ0) is 12.7. The van der Waals surface area contributed by atoms with Crippen molar-refractivity contribution in [1.82, 2.24) is 0 Å². The van der Waals surface area contributed by atoms with Crippen molar-refractivity contribution in [1.29, 1.82) is 0 Å². The molecule has 0 rings (SSSR count). The van der Waals surface area contributed by atoms with Crippen LogP contribution in [0.25, 0.3) is 0 Å². The van der Waals surface area contributed by atoms with Crippen molar-refractivity contribution in [3.05, 3.63) is 12.2 Å². The summed E-state index contributed by atoms with van der Waals surface area (Å²) in [6.07, 6.45) is 2.65. The minimum Gasteiger partial charge on any atom is -0.228 e. The maximum atomic E-state index is 11.2. The molecular weight excluding hydrogens is 295 g/mol. The quantitative estimate of drug-likeness (QED) is 0.492. The summed E-state index contributed by atoms with van der Waals surface area (Å²) in [6, 6.07) is 0. The summed E-state index contributed by atoms with van der Waals surface area (Å²) in [5, 5.41) is 0. The van der Waals surface area contributed by atoms with Crippen LogP contribution >= 0.6 is 23.2 Å². The van der Waals surface area contributed by atoms with Gasteiger partial charge < -0.3 is 0 Å². The Bertz CT molecular complexity index is 371. The zero-order valence-electron chi connectivity index (χ0n) is 8.60. The first-order valence-electron chi connectivity index (χ1n) is 4.51. The summed E-state index contributed by atoms with van der Waals surface area (Å²) in [6.45, 7) is 0. The maximum absolute atomic E-state index is 11.2. The van der Waals surface area contributed by atoms with Crippen LogP contribution in [0.4, 0.5) is 0 Å². The van der Waals surface area contributed by atoms with Gasteiger partial charge in [-0.05, 0) is 0 Å². The second-order valence-electron chi connectivity index (χ2n) is 3.08. The molecule has 0 saturated carbocycles. The van der Waals surface area contributed by atoms with E-state index in [2.05, 4.69) is 0 Å². The SMILES string of the molecule is O=S(=O)(C/C=C/CS(=O)(=O)CCCl)CCCl. The third-order valence-electron chi connectivity index (χ3n) is 1.64. The van der Waals surface area contributed by atoms with Gasteiger partial charge in [-0.1, -0.05) is 12.2 Å². The van der Waals surface area contributed by atoms with Crippen LogP contribution in [0.1, 0.15) is 0 Å². The summed E-state index contributed by atoms with van der Waals surface area (Å²) < 4.78 is 44.7. The van der Waals surface area contributed by atoms with Crippen molar-refractivity contribution < 1.29 is 16.8 Å². The van der Waals surface area contributed by atoms with E-state index in [0.717, 1.165) is 0 Å². The maximum Gasteiger partial charge on any atom is 0.155 e. The molecule has 8 heteroatoms. The van der Waals surface area contributed by atoms with Gasteiger partial charge in [-0.25, -0.2) is 16.8 Å². The van der Waals surface area contributed by atoms with Crippen LogP contribution in [0, 0.1) is 0 Å². The van der Waals surface area contributed by atoms with Crippen molar-refractivity contribution >= 4 is 42.9 Å². The van der Waals surface area contributed by atoms with E-state index in [-0.39, 0.29) is 34.8 Å². The Balaban J connectivity index is 4.14. The van der Waals surface area contributed by atoms with Crippen LogP contribution < -0.4 is 0 Å². The molecule has 96 valence electrons. The van der Waals surface area contributed by atoms with Crippen LogP contribution in [0.15, 0.2) is 12.2 Å².